The van der Waals surface area contributed by atoms with E-state index in [1.54, 1.807) is 40.9 Å². The van der Waals surface area contributed by atoms with Crippen molar-refractivity contribution in [2.75, 3.05) is 19.7 Å². The molecule has 0 radical (unpaired) electrons. The lowest BCUT2D eigenvalue weighted by Gasteiger charge is -1.95. The molecule has 0 atom stereocenters. The number of nitrogens with two attached hydrogens (primary N) is 1. The first-order valence-electron chi connectivity index (χ1n) is 14.1. The summed E-state index contributed by atoms with van der Waals surface area (Å²) in [6.45, 7) is 9.12. The fourth-order valence-electron chi connectivity index (χ4n) is 3.82. The Morgan fingerprint density at radius 3 is 1.76 bits per heavy atom. The number of carbonyl (C=O) groups is 1. The van der Waals surface area contributed by atoms with E-state index in [0.717, 1.165) is 67.9 Å². The Hall–Kier alpha value is -2.60. The topological polar surface area (TPSA) is 127 Å². The van der Waals surface area contributed by atoms with Gasteiger partial charge in [0.25, 0.3) is 0 Å². The largest absolute Gasteiger partial charge is 0.466 e. The highest BCUT2D eigenvalue weighted by Gasteiger charge is 2.04. The van der Waals surface area contributed by atoms with Crippen LogP contribution in [-0.4, -0.2) is 35.6 Å². The van der Waals surface area contributed by atoms with Crippen LogP contribution in [-0.2, 0) is 48.1 Å². The van der Waals surface area contributed by atoms with Crippen LogP contribution in [0.5, 0.6) is 0 Å². The first kappa shape index (κ1) is 35.6. The van der Waals surface area contributed by atoms with Crippen LogP contribution in [0.15, 0.2) is 38.8 Å². The highest BCUT2D eigenvalue weighted by Crippen LogP contribution is 2.20. The SMILES string of the molecule is CCOC(C)=O.Cc1nc(CCc2csc(CCCN)c2)cs1.Cc1nc(CCc2csc(CCCN=[N+]=[N-])c2)cs1. The minimum Gasteiger partial charge on any atom is -0.466 e. The van der Waals surface area contributed by atoms with Gasteiger partial charge in [0.1, 0.15) is 0 Å². The molecule has 0 aliphatic rings. The average Bonchev–Trinajstić information content (AvgIpc) is 3.77. The van der Waals surface area contributed by atoms with E-state index >= 15 is 0 Å². The molecular formula is C30H42N6O2S4. The molecule has 8 nitrogen and oxygen atoms in total. The molecule has 0 saturated carbocycles. The summed E-state index contributed by atoms with van der Waals surface area (Å²) in [7, 11) is 0. The van der Waals surface area contributed by atoms with E-state index in [1.807, 2.05) is 18.3 Å². The highest BCUT2D eigenvalue weighted by molar-refractivity contribution is 7.10. The van der Waals surface area contributed by atoms with Gasteiger partial charge in [-0.3, -0.25) is 4.79 Å². The fraction of sp³-hybridized carbons (Fsp3) is 0.500. The van der Waals surface area contributed by atoms with Crippen LogP contribution in [0.2, 0.25) is 0 Å². The lowest BCUT2D eigenvalue weighted by atomic mass is 10.1. The van der Waals surface area contributed by atoms with Gasteiger partial charge in [-0.15, -0.1) is 45.3 Å². The number of carbonyl (C=O) groups excluding carboxylic acids is 1. The Kier molecular flexibility index (Phi) is 17.9. The summed E-state index contributed by atoms with van der Waals surface area (Å²) in [5.41, 5.74) is 19.0. The normalized spacial score (nSPS) is 10.2. The Bertz CT molecular complexity index is 1350. The van der Waals surface area contributed by atoms with Gasteiger partial charge in [-0.25, -0.2) is 9.97 Å². The predicted molar refractivity (Wildman–Crippen MR) is 179 cm³/mol. The number of thiophene rings is 2. The number of aryl methyl sites for hydroxylation is 8. The van der Waals surface area contributed by atoms with E-state index in [2.05, 4.69) is 65.3 Å². The number of thiazole rings is 2. The van der Waals surface area contributed by atoms with E-state index < -0.39 is 0 Å². The van der Waals surface area contributed by atoms with E-state index in [9.17, 15) is 4.79 Å². The van der Waals surface area contributed by atoms with Crippen LogP contribution in [0.4, 0.5) is 0 Å². The summed E-state index contributed by atoms with van der Waals surface area (Å²) in [5.74, 6) is -0.211. The monoisotopic (exact) mass is 646 g/mol. The van der Waals surface area contributed by atoms with Gasteiger partial charge in [0.15, 0.2) is 0 Å². The molecule has 4 aromatic heterocycles. The molecule has 0 amide bonds. The van der Waals surface area contributed by atoms with Crippen molar-refractivity contribution in [1.82, 2.24) is 9.97 Å². The number of azide groups is 1. The summed E-state index contributed by atoms with van der Waals surface area (Å²) in [5, 5.41) is 14.6. The van der Waals surface area contributed by atoms with Gasteiger partial charge < -0.3 is 10.5 Å². The van der Waals surface area contributed by atoms with E-state index in [1.165, 1.54) is 39.2 Å². The van der Waals surface area contributed by atoms with Gasteiger partial charge in [0.05, 0.1) is 28.0 Å². The summed E-state index contributed by atoms with van der Waals surface area (Å²) in [6.07, 6.45) is 8.35. The van der Waals surface area contributed by atoms with Crippen LogP contribution in [0, 0.1) is 13.8 Å². The minimum absolute atomic E-state index is 0.211. The summed E-state index contributed by atoms with van der Waals surface area (Å²) in [4.78, 5) is 24.4. The maximum absolute atomic E-state index is 9.82. The maximum atomic E-state index is 9.82. The van der Waals surface area contributed by atoms with Crippen LogP contribution in [0.25, 0.3) is 10.4 Å². The number of hydrogen-bond donors (Lipinski definition) is 1. The highest BCUT2D eigenvalue weighted by atomic mass is 32.1. The van der Waals surface area contributed by atoms with E-state index in [0.29, 0.717) is 13.2 Å². The van der Waals surface area contributed by atoms with Crippen molar-refractivity contribution in [3.8, 4) is 0 Å². The quantitative estimate of drug-likeness (QED) is 0.0485. The molecule has 42 heavy (non-hydrogen) atoms. The molecule has 0 aliphatic heterocycles. The number of hydrogen-bond acceptors (Lipinski definition) is 10. The molecule has 0 fully saturated rings. The van der Waals surface area contributed by atoms with Gasteiger partial charge in [-0.05, 0) is 118 Å². The third kappa shape index (κ3) is 15.6. The van der Waals surface area contributed by atoms with Crippen molar-refractivity contribution in [3.05, 3.63) is 86.4 Å². The minimum atomic E-state index is -0.211. The molecule has 4 aromatic rings. The average molecular weight is 647 g/mol. The van der Waals surface area contributed by atoms with E-state index in [-0.39, 0.29) is 5.97 Å². The molecule has 0 bridgehead atoms. The zero-order chi connectivity index (χ0) is 30.6. The molecule has 0 aliphatic carbocycles. The number of rotatable bonds is 14. The second kappa shape index (κ2) is 21.1. The Morgan fingerprint density at radius 2 is 1.38 bits per heavy atom. The zero-order valence-electron chi connectivity index (χ0n) is 25.0. The van der Waals surface area contributed by atoms with Gasteiger partial charge in [-0.2, -0.15) is 0 Å². The second-order valence-corrected chi connectivity index (χ2v) is 13.5. The third-order valence-corrected chi connectivity index (χ3v) is 9.54. The predicted octanol–water partition coefficient (Wildman–Crippen LogP) is 8.30. The number of aromatic nitrogens is 2. The third-order valence-electron chi connectivity index (χ3n) is 5.81. The number of esters is 1. The van der Waals surface area contributed by atoms with Crippen molar-refractivity contribution in [1.29, 1.82) is 0 Å². The Balaban J connectivity index is 0.000000248. The molecule has 0 saturated heterocycles. The van der Waals surface area contributed by atoms with Crippen LogP contribution in [0.3, 0.4) is 0 Å². The van der Waals surface area contributed by atoms with Crippen molar-refractivity contribution in [2.24, 2.45) is 10.8 Å². The lowest BCUT2D eigenvalue weighted by Crippen LogP contribution is -1.99. The summed E-state index contributed by atoms with van der Waals surface area (Å²) < 4.78 is 4.40. The number of ether oxygens (including phenoxy) is 1. The molecular weight excluding hydrogens is 605 g/mol. The molecule has 4 rings (SSSR count). The van der Waals surface area contributed by atoms with Gasteiger partial charge >= 0.3 is 5.97 Å². The summed E-state index contributed by atoms with van der Waals surface area (Å²) in [6, 6.07) is 4.58. The van der Waals surface area contributed by atoms with Gasteiger partial charge in [0, 0.05) is 38.9 Å². The van der Waals surface area contributed by atoms with Gasteiger partial charge in [0.2, 0.25) is 0 Å². The Morgan fingerprint density at radius 1 is 0.857 bits per heavy atom. The summed E-state index contributed by atoms with van der Waals surface area (Å²) >= 11 is 7.10. The van der Waals surface area contributed by atoms with Crippen molar-refractivity contribution < 1.29 is 9.53 Å². The van der Waals surface area contributed by atoms with Crippen LogP contribution in [0.1, 0.15) is 69.0 Å². The first-order chi connectivity index (χ1) is 20.3. The fourth-order valence-corrected chi connectivity index (χ4v) is 7.05. The molecule has 4 heterocycles. The van der Waals surface area contributed by atoms with Gasteiger partial charge in [-0.1, -0.05) is 5.11 Å². The van der Waals surface area contributed by atoms with Crippen molar-refractivity contribution >= 4 is 51.3 Å². The molecule has 228 valence electrons. The van der Waals surface area contributed by atoms with E-state index in [4.69, 9.17) is 11.3 Å². The van der Waals surface area contributed by atoms with Crippen LogP contribution < -0.4 is 5.73 Å². The van der Waals surface area contributed by atoms with Crippen molar-refractivity contribution in [3.63, 3.8) is 0 Å². The smallest absolute Gasteiger partial charge is 0.302 e. The first-order valence-corrected chi connectivity index (χ1v) is 17.6. The molecule has 12 heteroatoms. The maximum Gasteiger partial charge on any atom is 0.302 e. The van der Waals surface area contributed by atoms with Crippen molar-refractivity contribution in [2.45, 2.75) is 79.1 Å². The Labute approximate surface area is 265 Å². The molecule has 2 N–H and O–H groups in total. The molecule has 0 unspecified atom stereocenters. The van der Waals surface area contributed by atoms with Crippen LogP contribution >= 0.6 is 45.3 Å². The zero-order valence-corrected chi connectivity index (χ0v) is 28.3. The second-order valence-electron chi connectivity index (χ2n) is 9.43. The molecule has 0 spiro atoms. The number of nitrogens with zero attached hydrogens (tertiary/aromatic N) is 5. The standard InChI is InChI=1S/C13H16N4S2.C13H18N2S2.C4H8O2/c1-10-16-12(9-18-10)5-4-11-7-13(19-8-11)3-2-6-15-17-14;1-10-15-12(9-16-10)5-4-11-7-13(17-8-11)3-2-6-14;1-3-6-4(2)5/h7-9H,2-6H2,1H3;7-9H,2-6,14H2,1H3;3H2,1-2H3. The lowest BCUT2D eigenvalue weighted by molar-refractivity contribution is -0.140. The molecule has 0 aromatic carbocycles.